The summed E-state index contributed by atoms with van der Waals surface area (Å²) in [7, 11) is 3.87. The van der Waals surface area contributed by atoms with Crippen molar-refractivity contribution >= 4 is 27.6 Å². The number of hydrogen-bond donors (Lipinski definition) is 4. The van der Waals surface area contributed by atoms with Gasteiger partial charge in [0.2, 0.25) is 0 Å². The minimum atomic E-state index is -0.361. The molecular weight excluding hydrogens is 519 g/mol. The van der Waals surface area contributed by atoms with Crippen molar-refractivity contribution in [2.75, 3.05) is 26.0 Å². The molecule has 0 fully saturated rings. The maximum absolute atomic E-state index is 14.7. The number of aromatic amines is 2. The van der Waals surface area contributed by atoms with E-state index in [0.717, 1.165) is 27.8 Å². The molecular formula is C30H31FN10. The van der Waals surface area contributed by atoms with Crippen molar-refractivity contribution in [2.45, 2.75) is 25.9 Å². The highest BCUT2D eigenvalue weighted by atomic mass is 19.1. The van der Waals surface area contributed by atoms with Crippen LogP contribution in [0.3, 0.4) is 0 Å². The van der Waals surface area contributed by atoms with Crippen LogP contribution in [-0.4, -0.2) is 66.7 Å². The molecule has 5 aromatic heterocycles. The van der Waals surface area contributed by atoms with Crippen molar-refractivity contribution in [2.24, 2.45) is 5.73 Å². The summed E-state index contributed by atoms with van der Waals surface area (Å²) in [4.78, 5) is 23.6. The average molecular weight is 551 g/mol. The summed E-state index contributed by atoms with van der Waals surface area (Å²) in [5.74, 6) is 0.201. The lowest BCUT2D eigenvalue weighted by Gasteiger charge is -2.18. The molecule has 6 aromatic rings. The number of pyridine rings is 3. The predicted octanol–water partition coefficient (Wildman–Crippen LogP) is 5.15. The lowest BCUT2D eigenvalue weighted by molar-refractivity contribution is 0.376. The number of nitrogens with zero attached hydrogens (tertiary/aromatic N) is 6. The molecule has 5 heterocycles. The molecule has 1 atom stereocenters. The highest BCUT2D eigenvalue weighted by molar-refractivity contribution is 5.97. The Morgan fingerprint density at radius 3 is 2.59 bits per heavy atom. The smallest absolute Gasteiger partial charge is 0.159 e. The first-order chi connectivity index (χ1) is 19.7. The molecule has 10 nitrogen and oxygen atoms in total. The van der Waals surface area contributed by atoms with Gasteiger partial charge in [-0.3, -0.25) is 20.1 Å². The highest BCUT2D eigenvalue weighted by Gasteiger charge is 2.18. The Morgan fingerprint density at radius 2 is 1.78 bits per heavy atom. The summed E-state index contributed by atoms with van der Waals surface area (Å²) in [6.45, 7) is 4.75. The molecule has 0 aliphatic rings. The van der Waals surface area contributed by atoms with Crippen molar-refractivity contribution < 1.29 is 4.39 Å². The van der Waals surface area contributed by atoms with Crippen LogP contribution in [0.1, 0.15) is 25.5 Å². The molecule has 0 radical (unpaired) electrons. The predicted molar refractivity (Wildman–Crippen MR) is 160 cm³/mol. The Balaban J connectivity index is 1.41. The molecule has 1 aromatic carbocycles. The zero-order chi connectivity index (χ0) is 28.7. The standard InChI is InChI=1S/C30H31FN10/c1-16(2)36-21-8-19(10-33-11-21)25-9-22-26(14-35-25)39-40-29(22)30-37-27-13-34-12-23(28(27)38-30)17-5-18(7-20(31)6-17)24(32)15-41(3)4/h5-14,16,24,36H,15,32H2,1-4H3,(H,37,38)(H,39,40). The van der Waals surface area contributed by atoms with Crippen LogP contribution in [0.25, 0.3) is 55.8 Å². The quantitative estimate of drug-likeness (QED) is 0.204. The molecule has 0 aliphatic heterocycles. The molecule has 6 rings (SSSR count). The zero-order valence-corrected chi connectivity index (χ0v) is 23.3. The maximum atomic E-state index is 14.7. The van der Waals surface area contributed by atoms with E-state index in [1.807, 2.05) is 37.2 Å². The van der Waals surface area contributed by atoms with Crippen LogP contribution in [0.15, 0.2) is 61.3 Å². The van der Waals surface area contributed by atoms with E-state index in [1.54, 1.807) is 31.0 Å². The fourth-order valence-corrected chi connectivity index (χ4v) is 4.98. The monoisotopic (exact) mass is 550 g/mol. The number of rotatable bonds is 8. The van der Waals surface area contributed by atoms with Gasteiger partial charge in [0.25, 0.3) is 0 Å². The van der Waals surface area contributed by atoms with E-state index in [1.165, 1.54) is 12.1 Å². The number of H-pyrrole nitrogens is 2. The molecule has 0 aliphatic carbocycles. The van der Waals surface area contributed by atoms with Crippen LogP contribution in [-0.2, 0) is 0 Å². The zero-order valence-electron chi connectivity index (χ0n) is 23.3. The first-order valence-electron chi connectivity index (χ1n) is 13.4. The van der Waals surface area contributed by atoms with E-state index in [-0.39, 0.29) is 17.9 Å². The van der Waals surface area contributed by atoms with Gasteiger partial charge in [0.15, 0.2) is 5.82 Å². The number of aromatic nitrogens is 7. The van der Waals surface area contributed by atoms with Gasteiger partial charge in [0.05, 0.1) is 40.3 Å². The topological polar surface area (TPSA) is 137 Å². The van der Waals surface area contributed by atoms with Crippen molar-refractivity contribution in [1.29, 1.82) is 0 Å². The Kier molecular flexibility index (Phi) is 6.90. The van der Waals surface area contributed by atoms with Gasteiger partial charge in [-0.1, -0.05) is 0 Å². The third-order valence-electron chi connectivity index (χ3n) is 6.78. The number of nitrogens with two attached hydrogens (primary N) is 1. The molecule has 1 unspecified atom stereocenters. The van der Waals surface area contributed by atoms with E-state index < -0.39 is 0 Å². The number of anilines is 1. The van der Waals surface area contributed by atoms with Gasteiger partial charge >= 0.3 is 0 Å². The van der Waals surface area contributed by atoms with Gasteiger partial charge in [-0.2, -0.15) is 5.10 Å². The van der Waals surface area contributed by atoms with Crippen LogP contribution in [0, 0.1) is 5.82 Å². The molecule has 208 valence electrons. The Hall–Kier alpha value is -4.74. The van der Waals surface area contributed by atoms with Gasteiger partial charge in [-0.15, -0.1) is 0 Å². The summed E-state index contributed by atoms with van der Waals surface area (Å²) >= 11 is 0. The lowest BCUT2D eigenvalue weighted by Crippen LogP contribution is -2.26. The van der Waals surface area contributed by atoms with Crippen molar-refractivity contribution in [3.8, 4) is 33.9 Å². The second-order valence-corrected chi connectivity index (χ2v) is 10.8. The highest BCUT2D eigenvalue weighted by Crippen LogP contribution is 2.33. The Bertz CT molecular complexity index is 1860. The molecule has 41 heavy (non-hydrogen) atoms. The minimum absolute atomic E-state index is 0.282. The van der Waals surface area contributed by atoms with Crippen molar-refractivity contribution in [3.63, 3.8) is 0 Å². The fourth-order valence-electron chi connectivity index (χ4n) is 4.98. The largest absolute Gasteiger partial charge is 0.382 e. The summed E-state index contributed by atoms with van der Waals surface area (Å²) < 4.78 is 14.7. The van der Waals surface area contributed by atoms with Crippen molar-refractivity contribution in [3.05, 3.63) is 72.7 Å². The minimum Gasteiger partial charge on any atom is -0.382 e. The summed E-state index contributed by atoms with van der Waals surface area (Å²) in [6, 6.07) is 8.81. The number of imidazole rings is 1. The van der Waals surface area contributed by atoms with E-state index >= 15 is 0 Å². The van der Waals surface area contributed by atoms with Crippen LogP contribution in [0.2, 0.25) is 0 Å². The number of benzene rings is 1. The van der Waals surface area contributed by atoms with E-state index in [4.69, 9.17) is 10.7 Å². The number of nitrogens with one attached hydrogen (secondary N) is 3. The van der Waals surface area contributed by atoms with E-state index in [0.29, 0.717) is 45.8 Å². The number of halogens is 1. The average Bonchev–Trinajstić information content (AvgIpc) is 3.55. The molecule has 0 saturated carbocycles. The van der Waals surface area contributed by atoms with Gasteiger partial charge in [-0.25, -0.2) is 9.37 Å². The van der Waals surface area contributed by atoms with Gasteiger partial charge in [0.1, 0.15) is 11.5 Å². The van der Waals surface area contributed by atoms with E-state index in [9.17, 15) is 4.39 Å². The maximum Gasteiger partial charge on any atom is 0.159 e. The van der Waals surface area contributed by atoms with Crippen LogP contribution < -0.4 is 11.1 Å². The second kappa shape index (κ2) is 10.7. The SMILES string of the molecule is CC(C)Nc1cncc(-c2cc3c(-c4nc5c(-c6cc(F)cc(C(N)CN(C)C)c6)cncc5[nH]4)n[nH]c3cn2)c1. The molecule has 0 amide bonds. The molecule has 0 saturated heterocycles. The fraction of sp³-hybridized carbons (Fsp3) is 0.233. The molecule has 0 spiro atoms. The van der Waals surface area contributed by atoms with Crippen LogP contribution >= 0.6 is 0 Å². The van der Waals surface area contributed by atoms with Gasteiger partial charge in [-0.05, 0) is 69.4 Å². The second-order valence-electron chi connectivity index (χ2n) is 10.8. The first-order valence-corrected chi connectivity index (χ1v) is 13.4. The summed E-state index contributed by atoms with van der Waals surface area (Å²) in [5.41, 5.74) is 13.8. The van der Waals surface area contributed by atoms with Gasteiger partial charge < -0.3 is 20.9 Å². The third-order valence-corrected chi connectivity index (χ3v) is 6.78. The Labute approximate surface area is 236 Å². The third kappa shape index (κ3) is 5.37. The van der Waals surface area contributed by atoms with Crippen molar-refractivity contribution in [1.82, 2.24) is 40.0 Å². The summed E-state index contributed by atoms with van der Waals surface area (Å²) in [6.07, 6.45) is 8.73. The first kappa shape index (κ1) is 26.5. The van der Waals surface area contributed by atoms with Gasteiger partial charge in [0, 0.05) is 53.7 Å². The number of likely N-dealkylation sites (N-methyl/N-ethyl adjacent to an activating group) is 1. The number of fused-ring (bicyclic) bond motifs is 2. The molecule has 5 N–H and O–H groups in total. The van der Waals surface area contributed by atoms with Crippen LogP contribution in [0.4, 0.5) is 10.1 Å². The normalized spacial score (nSPS) is 12.6. The Morgan fingerprint density at radius 1 is 0.951 bits per heavy atom. The lowest BCUT2D eigenvalue weighted by atomic mass is 9.99. The molecule has 11 heteroatoms. The van der Waals surface area contributed by atoms with Crippen LogP contribution in [0.5, 0.6) is 0 Å². The van der Waals surface area contributed by atoms with E-state index in [2.05, 4.69) is 49.3 Å². The molecule has 0 bridgehead atoms. The number of hydrogen-bond acceptors (Lipinski definition) is 8. The summed E-state index contributed by atoms with van der Waals surface area (Å²) in [5, 5.41) is 11.8.